The van der Waals surface area contributed by atoms with Crippen LogP contribution in [0.25, 0.3) is 0 Å². The molecule has 4 heteroatoms. The minimum absolute atomic E-state index is 0.833. The summed E-state index contributed by atoms with van der Waals surface area (Å²) in [5, 5.41) is 17.1. The van der Waals surface area contributed by atoms with Crippen LogP contribution in [0, 0.1) is 0 Å². The van der Waals surface area contributed by atoms with E-state index in [1.54, 1.807) is 0 Å². The van der Waals surface area contributed by atoms with Crippen LogP contribution in [0.15, 0.2) is 35.5 Å². The summed E-state index contributed by atoms with van der Waals surface area (Å²) in [7, 11) is 0. The highest BCUT2D eigenvalue weighted by Gasteiger charge is 2.22. The maximum absolute atomic E-state index is 8.53. The van der Waals surface area contributed by atoms with Gasteiger partial charge in [0.25, 0.3) is 0 Å². The van der Waals surface area contributed by atoms with E-state index in [9.17, 15) is 0 Å². The van der Waals surface area contributed by atoms with Crippen LogP contribution in [-0.4, -0.2) is 16.3 Å². The molecule has 0 heterocycles. The van der Waals surface area contributed by atoms with Crippen molar-refractivity contribution in [2.75, 3.05) is 0 Å². The molecular weight excluding hydrogens is 256 g/mol. The maximum Gasteiger partial charge on any atom is 0.248 e. The Labute approximate surface area is 122 Å². The van der Waals surface area contributed by atoms with Crippen molar-refractivity contribution in [3.63, 3.8) is 0 Å². The van der Waals surface area contributed by atoms with Crippen molar-refractivity contribution in [1.82, 2.24) is 0 Å². The number of rotatable bonds is 10. The normalized spacial score (nSPS) is 13.0. The molecule has 2 N–H and O–H groups in total. The Hall–Kier alpha value is -0.940. The summed E-state index contributed by atoms with van der Waals surface area (Å²) < 4.78 is 0. The van der Waals surface area contributed by atoms with Crippen LogP contribution >= 0.6 is 0 Å². The first-order chi connectivity index (χ1) is 9.43. The molecule has 0 bridgehead atoms. The third kappa shape index (κ3) is 9.92. The van der Waals surface area contributed by atoms with E-state index in [1.165, 1.54) is 24.1 Å². The predicted octanol–water partition coefficient (Wildman–Crippen LogP) is 5.10. The molecular formula is C16H28O4. The van der Waals surface area contributed by atoms with Crippen molar-refractivity contribution < 1.29 is 20.3 Å². The third-order valence-electron chi connectivity index (χ3n) is 2.94. The molecule has 0 saturated heterocycles. The first-order valence-electron chi connectivity index (χ1n) is 7.05. The van der Waals surface area contributed by atoms with Gasteiger partial charge in [0.1, 0.15) is 0 Å². The highest BCUT2D eigenvalue weighted by Crippen LogP contribution is 2.13. The van der Waals surface area contributed by atoms with Gasteiger partial charge >= 0.3 is 0 Å². The van der Waals surface area contributed by atoms with Gasteiger partial charge < -0.3 is 0 Å². The SMILES string of the molecule is CC(C)=CCC/C(C)=C/CCC/C=C/C(C)(OO)OO. The zero-order chi connectivity index (χ0) is 15.4. The summed E-state index contributed by atoms with van der Waals surface area (Å²) in [6, 6.07) is 0. The number of hydrogen-bond donors (Lipinski definition) is 2. The molecule has 20 heavy (non-hydrogen) atoms. The Balaban J connectivity index is 3.85. The monoisotopic (exact) mass is 284 g/mol. The van der Waals surface area contributed by atoms with Crippen molar-refractivity contribution in [2.45, 2.75) is 65.6 Å². The molecule has 0 radical (unpaired) electrons. The van der Waals surface area contributed by atoms with Crippen LogP contribution < -0.4 is 0 Å². The molecule has 0 aliphatic carbocycles. The van der Waals surface area contributed by atoms with E-state index in [1.807, 2.05) is 6.08 Å². The van der Waals surface area contributed by atoms with Gasteiger partial charge in [-0.3, -0.25) is 0 Å². The Bertz CT molecular complexity index is 334. The average molecular weight is 284 g/mol. The third-order valence-corrected chi connectivity index (χ3v) is 2.94. The highest BCUT2D eigenvalue weighted by molar-refractivity contribution is 5.02. The second kappa shape index (κ2) is 10.8. The zero-order valence-corrected chi connectivity index (χ0v) is 13.1. The lowest BCUT2D eigenvalue weighted by molar-refractivity contribution is -0.462. The molecule has 0 aromatic rings. The van der Waals surface area contributed by atoms with Gasteiger partial charge in [-0.05, 0) is 65.9 Å². The summed E-state index contributed by atoms with van der Waals surface area (Å²) in [4.78, 5) is 8.04. The molecule has 0 rings (SSSR count). The van der Waals surface area contributed by atoms with E-state index in [0.29, 0.717) is 0 Å². The Kier molecular flexibility index (Phi) is 10.3. The van der Waals surface area contributed by atoms with Crippen LogP contribution in [-0.2, 0) is 9.78 Å². The Morgan fingerprint density at radius 2 is 1.65 bits per heavy atom. The lowest BCUT2D eigenvalue weighted by Crippen LogP contribution is -2.26. The van der Waals surface area contributed by atoms with Crippen molar-refractivity contribution >= 4 is 0 Å². The quantitative estimate of drug-likeness (QED) is 0.193. The van der Waals surface area contributed by atoms with E-state index in [-0.39, 0.29) is 0 Å². The molecule has 0 aliphatic rings. The second-order valence-corrected chi connectivity index (χ2v) is 5.40. The van der Waals surface area contributed by atoms with Crippen LogP contribution in [0.3, 0.4) is 0 Å². The maximum atomic E-state index is 8.53. The van der Waals surface area contributed by atoms with Gasteiger partial charge in [-0.2, -0.15) is 9.78 Å². The summed E-state index contributed by atoms with van der Waals surface area (Å²) in [5.74, 6) is -1.48. The smallest absolute Gasteiger partial charge is 0.248 e. The second-order valence-electron chi connectivity index (χ2n) is 5.40. The van der Waals surface area contributed by atoms with Crippen molar-refractivity contribution in [1.29, 1.82) is 0 Å². The van der Waals surface area contributed by atoms with E-state index in [0.717, 1.165) is 32.1 Å². The fourth-order valence-electron chi connectivity index (χ4n) is 1.65. The molecule has 0 atom stereocenters. The van der Waals surface area contributed by atoms with Gasteiger partial charge in [-0.15, -0.1) is 0 Å². The largest absolute Gasteiger partial charge is 0.248 e. The molecule has 0 unspecified atom stereocenters. The highest BCUT2D eigenvalue weighted by atomic mass is 17.2. The van der Waals surface area contributed by atoms with E-state index in [4.69, 9.17) is 10.5 Å². The van der Waals surface area contributed by atoms with Gasteiger partial charge in [-0.1, -0.05) is 29.4 Å². The molecule has 0 amide bonds. The summed E-state index contributed by atoms with van der Waals surface area (Å²) in [5.41, 5.74) is 2.77. The van der Waals surface area contributed by atoms with Crippen molar-refractivity contribution in [2.24, 2.45) is 0 Å². The van der Waals surface area contributed by atoms with Crippen LogP contribution in [0.4, 0.5) is 0 Å². The number of allylic oxidation sites excluding steroid dienone is 5. The molecule has 0 saturated carbocycles. The van der Waals surface area contributed by atoms with Gasteiger partial charge in [0, 0.05) is 0 Å². The molecule has 116 valence electrons. The summed E-state index contributed by atoms with van der Waals surface area (Å²) >= 11 is 0. The Morgan fingerprint density at radius 3 is 2.20 bits per heavy atom. The molecule has 0 spiro atoms. The first-order valence-corrected chi connectivity index (χ1v) is 7.05. The summed E-state index contributed by atoms with van der Waals surface area (Å²) in [6.45, 7) is 7.80. The van der Waals surface area contributed by atoms with Gasteiger partial charge in [0.15, 0.2) is 0 Å². The fraction of sp³-hybridized carbons (Fsp3) is 0.625. The lowest BCUT2D eigenvalue weighted by atomic mass is 10.1. The lowest BCUT2D eigenvalue weighted by Gasteiger charge is -2.16. The van der Waals surface area contributed by atoms with Crippen molar-refractivity contribution in [3.05, 3.63) is 35.5 Å². The number of hydrogen-bond acceptors (Lipinski definition) is 4. The topological polar surface area (TPSA) is 58.9 Å². The minimum atomic E-state index is -1.48. The van der Waals surface area contributed by atoms with Crippen molar-refractivity contribution in [3.8, 4) is 0 Å². The van der Waals surface area contributed by atoms with E-state index >= 15 is 0 Å². The van der Waals surface area contributed by atoms with E-state index < -0.39 is 5.79 Å². The molecule has 0 fully saturated rings. The molecule has 4 nitrogen and oxygen atoms in total. The van der Waals surface area contributed by atoms with E-state index in [2.05, 4.69) is 42.7 Å². The van der Waals surface area contributed by atoms with Crippen LogP contribution in [0.1, 0.15) is 59.8 Å². The van der Waals surface area contributed by atoms with Gasteiger partial charge in [0.05, 0.1) is 0 Å². The average Bonchev–Trinajstić information content (AvgIpc) is 2.42. The molecule has 0 aliphatic heterocycles. The summed E-state index contributed by atoms with van der Waals surface area (Å²) in [6.07, 6.45) is 12.9. The van der Waals surface area contributed by atoms with Gasteiger partial charge in [-0.25, -0.2) is 10.5 Å². The minimum Gasteiger partial charge on any atom is -0.248 e. The van der Waals surface area contributed by atoms with Crippen LogP contribution in [0.2, 0.25) is 0 Å². The zero-order valence-electron chi connectivity index (χ0n) is 13.1. The Morgan fingerprint density at radius 1 is 1.00 bits per heavy atom. The predicted molar refractivity (Wildman–Crippen MR) is 81.2 cm³/mol. The fourth-order valence-corrected chi connectivity index (χ4v) is 1.65. The van der Waals surface area contributed by atoms with Crippen LogP contribution in [0.5, 0.6) is 0 Å². The van der Waals surface area contributed by atoms with Gasteiger partial charge in [0.2, 0.25) is 5.79 Å². The molecule has 0 aromatic carbocycles. The number of unbranched alkanes of at least 4 members (excludes halogenated alkanes) is 2. The standard InChI is InChI=1S/C16H28O4/c1-14(2)10-9-12-15(3)11-7-5-6-8-13-16(4,19-17)20-18/h8,10-11,13,17-18H,5-7,9,12H2,1-4H3/b13-8+,15-11+. The first kappa shape index (κ1) is 19.1. The molecule has 0 aromatic heterocycles.